The van der Waals surface area contributed by atoms with Crippen molar-refractivity contribution in [1.82, 2.24) is 15.2 Å². The smallest absolute Gasteiger partial charge is 0.414 e. The van der Waals surface area contributed by atoms with Gasteiger partial charge in [0.15, 0.2) is 0 Å². The van der Waals surface area contributed by atoms with Gasteiger partial charge in [-0.15, -0.1) is 0 Å². The van der Waals surface area contributed by atoms with Gasteiger partial charge in [0.2, 0.25) is 5.91 Å². The first kappa shape index (κ1) is 25.0. The minimum Gasteiger partial charge on any atom is -0.442 e. The van der Waals surface area contributed by atoms with Crippen molar-refractivity contribution in [3.8, 4) is 11.1 Å². The zero-order chi connectivity index (χ0) is 26.8. The first-order valence-electron chi connectivity index (χ1n) is 12.2. The summed E-state index contributed by atoms with van der Waals surface area (Å²) in [5.41, 5.74) is 3.88. The lowest BCUT2D eigenvalue weighted by atomic mass is 10.0. The molecule has 1 aliphatic heterocycles. The van der Waals surface area contributed by atoms with E-state index in [4.69, 9.17) is 4.74 Å². The van der Waals surface area contributed by atoms with Crippen LogP contribution in [0.4, 0.5) is 14.9 Å². The van der Waals surface area contributed by atoms with E-state index in [1.165, 1.54) is 17.9 Å². The van der Waals surface area contributed by atoms with Gasteiger partial charge in [-0.3, -0.25) is 14.5 Å². The van der Waals surface area contributed by atoms with Crippen LogP contribution in [-0.4, -0.2) is 54.0 Å². The Hall–Kier alpha value is -4.66. The molecule has 2 heterocycles. The zero-order valence-electron chi connectivity index (χ0n) is 21.0. The van der Waals surface area contributed by atoms with Crippen LogP contribution < -0.4 is 10.2 Å². The van der Waals surface area contributed by atoms with E-state index in [1.54, 1.807) is 24.1 Å². The molecule has 1 atom stereocenters. The number of benzene rings is 3. The number of fused-ring (bicyclic) bond motifs is 1. The Kier molecular flexibility index (Phi) is 6.83. The molecule has 0 bridgehead atoms. The Morgan fingerprint density at radius 1 is 1.11 bits per heavy atom. The molecular formula is C29H27FN4O4. The number of H-pyrrole nitrogens is 1. The molecule has 194 valence electrons. The molecule has 8 nitrogen and oxygen atoms in total. The van der Waals surface area contributed by atoms with Crippen molar-refractivity contribution in [1.29, 1.82) is 0 Å². The number of hydrogen-bond donors (Lipinski definition) is 2. The highest BCUT2D eigenvalue weighted by molar-refractivity contribution is 5.97. The number of nitrogens with one attached hydrogen (secondary N) is 2. The van der Waals surface area contributed by atoms with Crippen LogP contribution in [0.3, 0.4) is 0 Å². The summed E-state index contributed by atoms with van der Waals surface area (Å²) in [5.74, 6) is -0.777. The molecule has 4 aromatic rings. The van der Waals surface area contributed by atoms with Crippen molar-refractivity contribution in [2.45, 2.75) is 19.6 Å². The molecule has 1 unspecified atom stereocenters. The number of aromatic amines is 1. The number of carbonyl (C=O) groups is 3. The van der Waals surface area contributed by atoms with Crippen LogP contribution in [0.25, 0.3) is 22.0 Å². The number of amides is 3. The van der Waals surface area contributed by atoms with Gasteiger partial charge in [-0.05, 0) is 52.9 Å². The molecule has 0 spiro atoms. The fraction of sp³-hybridized carbons (Fsp3) is 0.207. The predicted molar refractivity (Wildman–Crippen MR) is 142 cm³/mol. The Bertz CT molecular complexity index is 1510. The Morgan fingerprint density at radius 3 is 2.63 bits per heavy atom. The van der Waals surface area contributed by atoms with E-state index in [1.807, 2.05) is 54.7 Å². The van der Waals surface area contributed by atoms with Gasteiger partial charge in [-0.1, -0.05) is 30.3 Å². The van der Waals surface area contributed by atoms with E-state index in [9.17, 15) is 14.4 Å². The highest BCUT2D eigenvalue weighted by Crippen LogP contribution is 2.29. The summed E-state index contributed by atoms with van der Waals surface area (Å²) in [6.45, 7) is 2.21. The van der Waals surface area contributed by atoms with Crippen molar-refractivity contribution in [2.75, 3.05) is 25.0 Å². The lowest BCUT2D eigenvalue weighted by Gasteiger charge is -2.18. The first-order valence-corrected chi connectivity index (χ1v) is 12.2. The summed E-state index contributed by atoms with van der Waals surface area (Å²) in [6, 6.07) is 19.5. The molecule has 2 N–H and O–H groups in total. The maximum absolute atomic E-state index is 15.1. The van der Waals surface area contributed by atoms with Crippen LogP contribution in [0.2, 0.25) is 0 Å². The minimum atomic E-state index is -0.580. The van der Waals surface area contributed by atoms with Gasteiger partial charge in [-0.25, -0.2) is 9.18 Å². The molecule has 9 heteroatoms. The Morgan fingerprint density at radius 2 is 1.89 bits per heavy atom. The molecule has 1 saturated heterocycles. The van der Waals surface area contributed by atoms with Gasteiger partial charge in [0.25, 0.3) is 5.91 Å². The number of ether oxygens (including phenoxy) is 1. The molecule has 38 heavy (non-hydrogen) atoms. The van der Waals surface area contributed by atoms with E-state index in [2.05, 4.69) is 10.3 Å². The quantitative estimate of drug-likeness (QED) is 0.374. The van der Waals surface area contributed by atoms with Crippen molar-refractivity contribution in [2.24, 2.45) is 0 Å². The highest BCUT2D eigenvalue weighted by Gasteiger charge is 2.32. The van der Waals surface area contributed by atoms with Gasteiger partial charge in [0.05, 0.1) is 18.8 Å². The fourth-order valence-corrected chi connectivity index (χ4v) is 4.54. The minimum absolute atomic E-state index is 0.0908. The van der Waals surface area contributed by atoms with Crippen LogP contribution in [0.15, 0.2) is 72.9 Å². The van der Waals surface area contributed by atoms with E-state index in [0.29, 0.717) is 28.9 Å². The number of hydrogen-bond acceptors (Lipinski definition) is 4. The number of halogens is 1. The number of rotatable bonds is 7. The maximum atomic E-state index is 15.1. The van der Waals surface area contributed by atoms with Gasteiger partial charge < -0.3 is 19.9 Å². The van der Waals surface area contributed by atoms with Crippen molar-refractivity contribution in [3.05, 3.63) is 89.9 Å². The Labute approximate surface area is 219 Å². The Balaban J connectivity index is 1.24. The summed E-state index contributed by atoms with van der Waals surface area (Å²) in [7, 11) is 1.75. The number of nitrogens with zero attached hydrogens (tertiary/aromatic N) is 2. The van der Waals surface area contributed by atoms with Gasteiger partial charge in [0, 0.05) is 43.4 Å². The number of carbonyl (C=O) groups excluding carboxylic acids is 3. The maximum Gasteiger partial charge on any atom is 0.414 e. The SMILES string of the molecule is CC(=O)NCC1CN(c2ccc(-c3ccc(CN(C)C(=O)c4ccc5cc[nH]c5c4)cc3)c(F)c2)C(=O)O1. The summed E-state index contributed by atoms with van der Waals surface area (Å²) in [6.07, 6.45) is 0.763. The van der Waals surface area contributed by atoms with Crippen LogP contribution in [0.5, 0.6) is 0 Å². The second-order valence-electron chi connectivity index (χ2n) is 9.36. The number of anilines is 1. The van der Waals surface area contributed by atoms with Crippen molar-refractivity contribution in [3.63, 3.8) is 0 Å². The average Bonchev–Trinajstić information content (AvgIpc) is 3.53. The van der Waals surface area contributed by atoms with Gasteiger partial charge >= 0.3 is 6.09 Å². The van der Waals surface area contributed by atoms with Gasteiger partial charge in [0.1, 0.15) is 11.9 Å². The largest absolute Gasteiger partial charge is 0.442 e. The summed E-state index contributed by atoms with van der Waals surface area (Å²) < 4.78 is 20.3. The third kappa shape index (κ3) is 5.22. The van der Waals surface area contributed by atoms with Crippen LogP contribution in [-0.2, 0) is 16.1 Å². The normalized spacial score (nSPS) is 15.0. The predicted octanol–water partition coefficient (Wildman–Crippen LogP) is 4.71. The number of aromatic nitrogens is 1. The second kappa shape index (κ2) is 10.4. The molecule has 0 radical (unpaired) electrons. The van der Waals surface area contributed by atoms with E-state index in [0.717, 1.165) is 16.5 Å². The van der Waals surface area contributed by atoms with E-state index in [-0.39, 0.29) is 24.9 Å². The molecule has 1 aliphatic rings. The molecule has 1 fully saturated rings. The molecule has 0 aliphatic carbocycles. The summed E-state index contributed by atoms with van der Waals surface area (Å²) in [4.78, 5) is 42.4. The van der Waals surface area contributed by atoms with Crippen LogP contribution >= 0.6 is 0 Å². The lowest BCUT2D eigenvalue weighted by Crippen LogP contribution is -2.33. The standard InChI is InChI=1S/C29H27FN4O4/c1-18(35)32-15-24-17-34(29(37)38-24)23-9-10-25(26(30)14-23)20-5-3-19(4-6-20)16-33(2)28(36)22-8-7-21-11-12-31-27(21)13-22/h3-14,24,31H,15-17H2,1-2H3,(H,32,35). The summed E-state index contributed by atoms with van der Waals surface area (Å²) in [5, 5.41) is 3.67. The molecular weight excluding hydrogens is 487 g/mol. The first-order chi connectivity index (χ1) is 18.3. The third-order valence-corrected chi connectivity index (χ3v) is 6.55. The highest BCUT2D eigenvalue weighted by atomic mass is 19.1. The van der Waals surface area contributed by atoms with E-state index < -0.39 is 18.0 Å². The number of cyclic esters (lactones) is 1. The van der Waals surface area contributed by atoms with Crippen LogP contribution in [0, 0.1) is 5.82 Å². The van der Waals surface area contributed by atoms with Gasteiger partial charge in [-0.2, -0.15) is 0 Å². The molecule has 0 saturated carbocycles. The molecule has 3 amide bonds. The van der Waals surface area contributed by atoms with Crippen LogP contribution in [0.1, 0.15) is 22.8 Å². The van der Waals surface area contributed by atoms with E-state index >= 15 is 4.39 Å². The molecule has 1 aromatic heterocycles. The topological polar surface area (TPSA) is 94.7 Å². The summed E-state index contributed by atoms with van der Waals surface area (Å²) >= 11 is 0. The molecule has 5 rings (SSSR count). The fourth-order valence-electron chi connectivity index (χ4n) is 4.54. The van der Waals surface area contributed by atoms with Crippen molar-refractivity contribution < 1.29 is 23.5 Å². The van der Waals surface area contributed by atoms with Crippen molar-refractivity contribution >= 4 is 34.5 Å². The molecule has 3 aromatic carbocycles. The zero-order valence-corrected chi connectivity index (χ0v) is 21.0. The monoisotopic (exact) mass is 514 g/mol. The average molecular weight is 515 g/mol. The third-order valence-electron chi connectivity index (χ3n) is 6.55. The second-order valence-corrected chi connectivity index (χ2v) is 9.36. The lowest BCUT2D eigenvalue weighted by molar-refractivity contribution is -0.119.